The molecule has 0 aromatic heterocycles. The van der Waals surface area contributed by atoms with E-state index >= 15 is 0 Å². The summed E-state index contributed by atoms with van der Waals surface area (Å²) < 4.78 is 5.12. The normalized spacial score (nSPS) is 9.12. The van der Waals surface area contributed by atoms with Crippen LogP contribution in [0.5, 0.6) is 5.75 Å². The van der Waals surface area contributed by atoms with Crippen molar-refractivity contribution in [1.29, 1.82) is 0 Å². The number of aryl methyl sites for hydroxylation is 1. The highest BCUT2D eigenvalue weighted by Crippen LogP contribution is 2.15. The molecular weight excluding hydrogens is 214 g/mol. The maximum atomic E-state index is 10.6. The molecular formula is C14H17NO2. The first kappa shape index (κ1) is 13.1. The van der Waals surface area contributed by atoms with Crippen molar-refractivity contribution in [3.8, 4) is 17.6 Å². The fraction of sp³-hybridized carbons (Fsp3) is 0.357. The first-order valence-corrected chi connectivity index (χ1v) is 5.51. The molecule has 1 aromatic carbocycles. The molecule has 0 unspecified atom stereocenters. The van der Waals surface area contributed by atoms with E-state index in [0.29, 0.717) is 13.0 Å². The van der Waals surface area contributed by atoms with Crippen molar-refractivity contribution in [2.24, 2.45) is 0 Å². The minimum absolute atomic E-state index is 0.0209. The molecule has 0 aliphatic rings. The predicted octanol–water partition coefficient (Wildman–Crippen LogP) is 1.88. The van der Waals surface area contributed by atoms with Gasteiger partial charge >= 0.3 is 0 Å². The van der Waals surface area contributed by atoms with E-state index in [0.717, 1.165) is 16.9 Å². The van der Waals surface area contributed by atoms with Crippen molar-refractivity contribution in [2.45, 2.75) is 20.3 Å². The van der Waals surface area contributed by atoms with Crippen molar-refractivity contribution < 1.29 is 9.53 Å². The van der Waals surface area contributed by atoms with Gasteiger partial charge in [-0.05, 0) is 30.7 Å². The number of carbonyl (C=O) groups is 1. The summed E-state index contributed by atoms with van der Waals surface area (Å²) >= 11 is 0. The monoisotopic (exact) mass is 231 g/mol. The SMILES string of the molecule is COc1ccc(C#CCCNC(C)=O)c(C)c1. The van der Waals surface area contributed by atoms with Crippen LogP contribution in [-0.2, 0) is 4.79 Å². The molecule has 0 bridgehead atoms. The molecule has 0 saturated carbocycles. The summed E-state index contributed by atoms with van der Waals surface area (Å²) in [4.78, 5) is 10.6. The zero-order valence-electron chi connectivity index (χ0n) is 10.5. The number of benzene rings is 1. The second-order valence-corrected chi connectivity index (χ2v) is 3.72. The Morgan fingerprint density at radius 1 is 1.47 bits per heavy atom. The van der Waals surface area contributed by atoms with E-state index in [1.165, 1.54) is 6.92 Å². The number of ether oxygens (including phenoxy) is 1. The van der Waals surface area contributed by atoms with Crippen LogP contribution >= 0.6 is 0 Å². The zero-order chi connectivity index (χ0) is 12.7. The van der Waals surface area contributed by atoms with Gasteiger partial charge in [-0.25, -0.2) is 0 Å². The summed E-state index contributed by atoms with van der Waals surface area (Å²) in [5.41, 5.74) is 2.09. The molecule has 1 aromatic rings. The molecule has 0 aliphatic heterocycles. The van der Waals surface area contributed by atoms with Crippen LogP contribution in [0.3, 0.4) is 0 Å². The van der Waals surface area contributed by atoms with Gasteiger partial charge in [-0.2, -0.15) is 0 Å². The van der Waals surface area contributed by atoms with E-state index in [-0.39, 0.29) is 5.91 Å². The van der Waals surface area contributed by atoms with Gasteiger partial charge in [0, 0.05) is 25.5 Å². The third kappa shape index (κ3) is 4.60. The van der Waals surface area contributed by atoms with Gasteiger partial charge in [0.2, 0.25) is 5.91 Å². The molecule has 3 heteroatoms. The molecule has 90 valence electrons. The molecule has 3 nitrogen and oxygen atoms in total. The Labute approximate surface area is 102 Å². The van der Waals surface area contributed by atoms with Crippen LogP contribution in [0.15, 0.2) is 18.2 Å². The van der Waals surface area contributed by atoms with Crippen molar-refractivity contribution >= 4 is 5.91 Å². The summed E-state index contributed by atoms with van der Waals surface area (Å²) in [5.74, 6) is 6.93. The number of nitrogens with one attached hydrogen (secondary N) is 1. The Bertz CT molecular complexity index is 455. The van der Waals surface area contributed by atoms with Gasteiger partial charge in [-0.3, -0.25) is 4.79 Å². The fourth-order valence-electron chi connectivity index (χ4n) is 1.36. The third-order valence-corrected chi connectivity index (χ3v) is 2.28. The first-order chi connectivity index (χ1) is 8.13. The highest BCUT2D eigenvalue weighted by atomic mass is 16.5. The van der Waals surface area contributed by atoms with Crippen LogP contribution in [-0.4, -0.2) is 19.6 Å². The molecule has 0 spiro atoms. The van der Waals surface area contributed by atoms with Crippen molar-refractivity contribution in [2.75, 3.05) is 13.7 Å². The lowest BCUT2D eigenvalue weighted by molar-refractivity contribution is -0.118. The summed E-state index contributed by atoms with van der Waals surface area (Å²) in [6.45, 7) is 4.10. The van der Waals surface area contributed by atoms with Crippen LogP contribution < -0.4 is 10.1 Å². The maximum absolute atomic E-state index is 10.6. The van der Waals surface area contributed by atoms with Gasteiger partial charge in [0.1, 0.15) is 5.75 Å². The lowest BCUT2D eigenvalue weighted by Gasteiger charge is -2.02. The molecule has 0 saturated heterocycles. The maximum Gasteiger partial charge on any atom is 0.216 e. The molecule has 1 rings (SSSR count). The number of amides is 1. The second-order valence-electron chi connectivity index (χ2n) is 3.72. The van der Waals surface area contributed by atoms with E-state index in [9.17, 15) is 4.79 Å². The number of carbonyl (C=O) groups excluding carboxylic acids is 1. The molecule has 1 amide bonds. The van der Waals surface area contributed by atoms with E-state index in [4.69, 9.17) is 4.74 Å². The average Bonchev–Trinajstić information content (AvgIpc) is 2.30. The highest BCUT2D eigenvalue weighted by molar-refractivity contribution is 5.72. The van der Waals surface area contributed by atoms with Gasteiger partial charge < -0.3 is 10.1 Å². The topological polar surface area (TPSA) is 38.3 Å². The highest BCUT2D eigenvalue weighted by Gasteiger charge is 1.96. The number of rotatable bonds is 3. The van der Waals surface area contributed by atoms with Crippen LogP contribution in [0.2, 0.25) is 0 Å². The van der Waals surface area contributed by atoms with E-state index < -0.39 is 0 Å². The van der Waals surface area contributed by atoms with Crippen molar-refractivity contribution in [3.05, 3.63) is 29.3 Å². The number of methoxy groups -OCH3 is 1. The molecule has 1 N–H and O–H groups in total. The van der Waals surface area contributed by atoms with E-state index in [1.807, 2.05) is 25.1 Å². The lowest BCUT2D eigenvalue weighted by atomic mass is 10.1. The Kier molecular flexibility index (Phi) is 5.09. The Morgan fingerprint density at radius 3 is 2.82 bits per heavy atom. The zero-order valence-corrected chi connectivity index (χ0v) is 10.5. The van der Waals surface area contributed by atoms with Crippen LogP contribution in [0, 0.1) is 18.8 Å². The first-order valence-electron chi connectivity index (χ1n) is 5.51. The number of hydrogen-bond acceptors (Lipinski definition) is 2. The van der Waals surface area contributed by atoms with Gasteiger partial charge in [0.25, 0.3) is 0 Å². The smallest absolute Gasteiger partial charge is 0.216 e. The van der Waals surface area contributed by atoms with Gasteiger partial charge in [-0.1, -0.05) is 11.8 Å². The molecule has 0 radical (unpaired) electrons. The molecule has 0 atom stereocenters. The van der Waals surface area contributed by atoms with Gasteiger partial charge in [0.15, 0.2) is 0 Å². The Morgan fingerprint density at radius 2 is 2.24 bits per heavy atom. The second kappa shape index (κ2) is 6.59. The summed E-state index contributed by atoms with van der Waals surface area (Å²) in [7, 11) is 1.65. The van der Waals surface area contributed by atoms with E-state index in [2.05, 4.69) is 17.2 Å². The van der Waals surface area contributed by atoms with Crippen molar-refractivity contribution in [1.82, 2.24) is 5.32 Å². The van der Waals surface area contributed by atoms with Gasteiger partial charge in [-0.15, -0.1) is 0 Å². The largest absolute Gasteiger partial charge is 0.497 e. The van der Waals surface area contributed by atoms with Crippen LogP contribution in [0.4, 0.5) is 0 Å². The minimum atomic E-state index is -0.0209. The van der Waals surface area contributed by atoms with Crippen LogP contribution in [0.1, 0.15) is 24.5 Å². The average molecular weight is 231 g/mol. The Hall–Kier alpha value is -1.95. The molecule has 0 aliphatic carbocycles. The van der Waals surface area contributed by atoms with E-state index in [1.54, 1.807) is 7.11 Å². The quantitative estimate of drug-likeness (QED) is 0.637. The summed E-state index contributed by atoms with van der Waals surface area (Å²) in [6.07, 6.45) is 0.658. The molecule has 0 fully saturated rings. The summed E-state index contributed by atoms with van der Waals surface area (Å²) in [5, 5.41) is 2.70. The lowest BCUT2D eigenvalue weighted by Crippen LogP contribution is -2.20. The van der Waals surface area contributed by atoms with Gasteiger partial charge in [0.05, 0.1) is 7.11 Å². The minimum Gasteiger partial charge on any atom is -0.497 e. The summed E-state index contributed by atoms with van der Waals surface area (Å²) in [6, 6.07) is 5.79. The van der Waals surface area contributed by atoms with Crippen molar-refractivity contribution in [3.63, 3.8) is 0 Å². The Balaban J connectivity index is 2.57. The third-order valence-electron chi connectivity index (χ3n) is 2.28. The number of hydrogen-bond donors (Lipinski definition) is 1. The molecule has 0 heterocycles. The fourth-order valence-corrected chi connectivity index (χ4v) is 1.36. The van der Waals surface area contributed by atoms with Crippen LogP contribution in [0.25, 0.3) is 0 Å². The predicted molar refractivity (Wildman–Crippen MR) is 67.9 cm³/mol. The standard InChI is InChI=1S/C14H17NO2/c1-11-10-14(17-3)8-7-13(11)6-4-5-9-15-12(2)16/h7-8,10H,5,9H2,1-3H3,(H,15,16). The molecule has 17 heavy (non-hydrogen) atoms.